The number of nitrogens with zero attached hydrogens (tertiary/aromatic N) is 1. The quantitative estimate of drug-likeness (QED) is 0.352. The Hall–Kier alpha value is -2.08. The number of carbonyl (C=O) groups excluding carboxylic acids is 1. The second kappa shape index (κ2) is 11.2. The summed E-state index contributed by atoms with van der Waals surface area (Å²) in [6, 6.07) is 25.3. The normalized spacial score (nSPS) is 14.9. The lowest BCUT2D eigenvalue weighted by Crippen LogP contribution is -2.37. The van der Waals surface area contributed by atoms with E-state index in [1.807, 2.05) is 17.8 Å². The Labute approximate surface area is 203 Å². The Morgan fingerprint density at radius 2 is 1.69 bits per heavy atom. The molecule has 5 heteroatoms. The van der Waals surface area contributed by atoms with Crippen LogP contribution in [0.2, 0.25) is 0 Å². The highest BCUT2D eigenvalue weighted by Crippen LogP contribution is 2.26. The number of benzene rings is 3. The third-order valence-corrected chi connectivity index (χ3v) is 7.59. The van der Waals surface area contributed by atoms with Crippen molar-refractivity contribution in [3.05, 3.63) is 94.0 Å². The zero-order chi connectivity index (χ0) is 22.3. The highest BCUT2D eigenvalue weighted by atomic mass is 79.9. The summed E-state index contributed by atoms with van der Waals surface area (Å²) in [6.07, 6.45) is 1.82. The number of halogens is 1. The van der Waals surface area contributed by atoms with E-state index in [2.05, 4.69) is 99.8 Å². The van der Waals surface area contributed by atoms with Crippen LogP contribution in [0, 0.1) is 12.8 Å². The zero-order valence-corrected chi connectivity index (χ0v) is 20.8. The minimum atomic E-state index is 0.0869. The number of nitrogens with one attached hydrogen (secondary N) is 1. The molecule has 3 aromatic rings. The molecule has 32 heavy (non-hydrogen) atoms. The van der Waals surface area contributed by atoms with Gasteiger partial charge < -0.3 is 5.32 Å². The molecule has 1 aliphatic rings. The molecule has 3 aromatic carbocycles. The maximum Gasteiger partial charge on any atom is 0.227 e. The molecule has 0 aromatic heterocycles. The molecule has 0 saturated carbocycles. The van der Waals surface area contributed by atoms with Gasteiger partial charge in [0.2, 0.25) is 5.91 Å². The van der Waals surface area contributed by atoms with Crippen molar-refractivity contribution in [2.45, 2.75) is 37.0 Å². The van der Waals surface area contributed by atoms with Gasteiger partial charge in [-0.1, -0.05) is 58.4 Å². The average molecular weight is 510 g/mol. The molecule has 1 saturated heterocycles. The first-order chi connectivity index (χ1) is 15.6. The molecule has 0 unspecified atom stereocenters. The van der Waals surface area contributed by atoms with Crippen LogP contribution in [0.15, 0.2) is 82.2 Å². The molecule has 4 rings (SSSR count). The Balaban J connectivity index is 1.26. The van der Waals surface area contributed by atoms with Gasteiger partial charge in [0, 0.05) is 33.3 Å². The number of likely N-dealkylation sites (tertiary alicyclic amines) is 1. The van der Waals surface area contributed by atoms with E-state index in [0.29, 0.717) is 0 Å². The van der Waals surface area contributed by atoms with Crippen molar-refractivity contribution in [3.63, 3.8) is 0 Å². The van der Waals surface area contributed by atoms with E-state index in [9.17, 15) is 4.79 Å². The van der Waals surface area contributed by atoms with Gasteiger partial charge >= 0.3 is 0 Å². The second-order valence-corrected chi connectivity index (χ2v) is 10.4. The number of hydrogen-bond acceptors (Lipinski definition) is 3. The summed E-state index contributed by atoms with van der Waals surface area (Å²) < 4.78 is 1.11. The SMILES string of the molecule is Cc1cc(CSc2ccccc2)ccc1NC(=O)C1CCN(Cc2ccc(Br)cc2)CC1. The summed E-state index contributed by atoms with van der Waals surface area (Å²) in [5.74, 6) is 1.17. The van der Waals surface area contributed by atoms with Gasteiger partial charge in [-0.2, -0.15) is 0 Å². The number of hydrogen-bond donors (Lipinski definition) is 1. The first-order valence-electron chi connectivity index (χ1n) is 11.1. The van der Waals surface area contributed by atoms with E-state index in [-0.39, 0.29) is 11.8 Å². The van der Waals surface area contributed by atoms with Crippen LogP contribution < -0.4 is 5.32 Å². The minimum Gasteiger partial charge on any atom is -0.326 e. The van der Waals surface area contributed by atoms with Crippen LogP contribution in [0.3, 0.4) is 0 Å². The standard InChI is InChI=1S/C27H29BrN2OS/c1-20-17-22(19-32-25-5-3-2-4-6-25)9-12-26(20)29-27(31)23-13-15-30(16-14-23)18-21-7-10-24(28)11-8-21/h2-12,17,23H,13-16,18-19H2,1H3,(H,29,31). The lowest BCUT2D eigenvalue weighted by atomic mass is 9.95. The van der Waals surface area contributed by atoms with E-state index in [4.69, 9.17) is 0 Å². The summed E-state index contributed by atoms with van der Waals surface area (Å²) in [5, 5.41) is 3.18. The Kier molecular flexibility index (Phi) is 8.06. The first-order valence-corrected chi connectivity index (χ1v) is 12.9. The summed E-state index contributed by atoms with van der Waals surface area (Å²) in [7, 11) is 0. The van der Waals surface area contributed by atoms with E-state index in [0.717, 1.165) is 54.0 Å². The molecule has 166 valence electrons. The number of carbonyl (C=O) groups is 1. The van der Waals surface area contributed by atoms with Crippen LogP contribution in [-0.4, -0.2) is 23.9 Å². The molecule has 1 fully saturated rings. The number of aryl methyl sites for hydroxylation is 1. The summed E-state index contributed by atoms with van der Waals surface area (Å²) in [6.45, 7) is 4.95. The Morgan fingerprint density at radius 3 is 2.38 bits per heavy atom. The number of piperidine rings is 1. The van der Waals surface area contributed by atoms with E-state index in [1.165, 1.54) is 16.0 Å². The summed E-state index contributed by atoms with van der Waals surface area (Å²) in [5.41, 5.74) is 4.64. The molecule has 0 aliphatic carbocycles. The first kappa shape index (κ1) is 23.1. The third-order valence-electron chi connectivity index (χ3n) is 5.98. The molecule has 0 atom stereocenters. The van der Waals surface area contributed by atoms with Gasteiger partial charge in [-0.15, -0.1) is 11.8 Å². The zero-order valence-electron chi connectivity index (χ0n) is 18.4. The largest absolute Gasteiger partial charge is 0.326 e. The van der Waals surface area contributed by atoms with Gasteiger partial charge in [-0.25, -0.2) is 0 Å². The van der Waals surface area contributed by atoms with Gasteiger partial charge in [0.25, 0.3) is 0 Å². The molecule has 1 N–H and O–H groups in total. The molecular weight excluding hydrogens is 480 g/mol. The molecule has 0 radical (unpaired) electrons. The maximum atomic E-state index is 12.9. The lowest BCUT2D eigenvalue weighted by Gasteiger charge is -2.31. The van der Waals surface area contributed by atoms with Gasteiger partial charge in [0.1, 0.15) is 0 Å². The van der Waals surface area contributed by atoms with Crippen molar-refractivity contribution < 1.29 is 4.79 Å². The van der Waals surface area contributed by atoms with Gasteiger partial charge in [-0.05, 0) is 79.9 Å². The van der Waals surface area contributed by atoms with Crippen LogP contribution in [0.4, 0.5) is 5.69 Å². The van der Waals surface area contributed by atoms with Crippen LogP contribution in [0.1, 0.15) is 29.5 Å². The van der Waals surface area contributed by atoms with Crippen LogP contribution in [0.5, 0.6) is 0 Å². The van der Waals surface area contributed by atoms with Crippen molar-refractivity contribution in [1.82, 2.24) is 4.90 Å². The molecule has 0 bridgehead atoms. The van der Waals surface area contributed by atoms with E-state index < -0.39 is 0 Å². The van der Waals surface area contributed by atoms with Crippen LogP contribution in [0.25, 0.3) is 0 Å². The molecule has 1 aliphatic heterocycles. The van der Waals surface area contributed by atoms with Crippen molar-refractivity contribution in [1.29, 1.82) is 0 Å². The number of anilines is 1. The van der Waals surface area contributed by atoms with Gasteiger partial charge in [0.15, 0.2) is 0 Å². The summed E-state index contributed by atoms with van der Waals surface area (Å²) in [4.78, 5) is 16.6. The fourth-order valence-corrected chi connectivity index (χ4v) is 5.20. The van der Waals surface area contributed by atoms with Crippen molar-refractivity contribution in [2.75, 3.05) is 18.4 Å². The smallest absolute Gasteiger partial charge is 0.227 e. The highest BCUT2D eigenvalue weighted by molar-refractivity contribution is 9.10. The van der Waals surface area contributed by atoms with Crippen LogP contribution >= 0.6 is 27.7 Å². The number of rotatable bonds is 7. The van der Waals surface area contributed by atoms with Crippen LogP contribution in [-0.2, 0) is 17.1 Å². The molecule has 1 amide bonds. The lowest BCUT2D eigenvalue weighted by molar-refractivity contribution is -0.121. The molecular formula is C27H29BrN2OS. The Morgan fingerprint density at radius 1 is 1.00 bits per heavy atom. The van der Waals surface area contributed by atoms with Gasteiger partial charge in [0.05, 0.1) is 0 Å². The van der Waals surface area contributed by atoms with Crippen molar-refractivity contribution in [2.24, 2.45) is 5.92 Å². The van der Waals surface area contributed by atoms with Crippen molar-refractivity contribution in [3.8, 4) is 0 Å². The van der Waals surface area contributed by atoms with Gasteiger partial charge in [-0.3, -0.25) is 9.69 Å². The summed E-state index contributed by atoms with van der Waals surface area (Å²) >= 11 is 5.32. The Bertz CT molecular complexity index is 1030. The van der Waals surface area contributed by atoms with Crippen molar-refractivity contribution >= 4 is 39.3 Å². The maximum absolute atomic E-state index is 12.9. The fraction of sp³-hybridized carbons (Fsp3) is 0.296. The third kappa shape index (κ3) is 6.47. The predicted molar refractivity (Wildman–Crippen MR) is 138 cm³/mol. The molecule has 3 nitrogen and oxygen atoms in total. The number of amides is 1. The minimum absolute atomic E-state index is 0.0869. The van der Waals surface area contributed by atoms with E-state index >= 15 is 0 Å². The predicted octanol–water partition coefficient (Wildman–Crippen LogP) is 6.90. The number of thioether (sulfide) groups is 1. The monoisotopic (exact) mass is 508 g/mol. The molecule has 0 spiro atoms. The highest BCUT2D eigenvalue weighted by Gasteiger charge is 2.25. The van der Waals surface area contributed by atoms with E-state index in [1.54, 1.807) is 0 Å². The second-order valence-electron chi connectivity index (χ2n) is 8.42. The topological polar surface area (TPSA) is 32.3 Å². The molecule has 1 heterocycles. The fourth-order valence-electron chi connectivity index (χ4n) is 4.08. The average Bonchev–Trinajstić information content (AvgIpc) is 2.82.